The fourth-order valence-corrected chi connectivity index (χ4v) is 4.33. The number of nitrogens with one attached hydrogen (secondary N) is 2. The zero-order chi connectivity index (χ0) is 24.0. The van der Waals surface area contributed by atoms with Gasteiger partial charge in [-0.2, -0.15) is 0 Å². The topological polar surface area (TPSA) is 109 Å². The van der Waals surface area contributed by atoms with Crippen molar-refractivity contribution in [3.05, 3.63) is 40.8 Å². The van der Waals surface area contributed by atoms with Crippen LogP contribution in [-0.4, -0.2) is 78.4 Å². The van der Waals surface area contributed by atoms with Crippen molar-refractivity contribution in [3.63, 3.8) is 0 Å². The van der Waals surface area contributed by atoms with Crippen molar-refractivity contribution in [2.24, 2.45) is 5.92 Å². The number of likely N-dealkylation sites (tertiary alicyclic amines) is 1. The van der Waals surface area contributed by atoms with E-state index >= 15 is 0 Å². The molecule has 1 aromatic heterocycles. The Labute approximate surface area is 202 Å². The number of hydrogen-bond acceptors (Lipinski definition) is 7. The molecule has 2 aromatic rings. The maximum absolute atomic E-state index is 11.9. The quantitative estimate of drug-likeness (QED) is 0.409. The number of halogens is 1. The lowest BCUT2D eigenvalue weighted by Crippen LogP contribution is -2.54. The second kappa shape index (κ2) is 11.9. The average Bonchev–Trinajstić information content (AvgIpc) is 3.45. The number of alkyl carbamates (subject to hydrolysis) is 1. The van der Waals surface area contributed by atoms with Crippen LogP contribution in [0, 0.1) is 5.92 Å². The number of benzene rings is 1. The number of aliphatic hydroxyl groups is 1. The second-order valence-electron chi connectivity index (χ2n) is 8.44. The minimum Gasteiger partial charge on any atom is -0.453 e. The Morgan fingerprint density at radius 1 is 1.30 bits per heavy atom. The SMILES string of the molecule is COCCO[C@H]1C[C@@H](c2ncc(-c3ccc(Br)cc3)[nH]2)N(C(O)[C@@H](NC(=O)OC)C(C)C)C1. The molecule has 0 radical (unpaired) electrons. The van der Waals surface area contributed by atoms with Gasteiger partial charge in [0.15, 0.2) is 0 Å². The molecule has 0 spiro atoms. The number of carbonyl (C=O) groups excluding carboxylic acids is 1. The Morgan fingerprint density at radius 2 is 2.03 bits per heavy atom. The number of H-pyrrole nitrogens is 1. The van der Waals surface area contributed by atoms with Gasteiger partial charge in [0.05, 0.1) is 50.4 Å². The van der Waals surface area contributed by atoms with E-state index in [1.165, 1.54) is 7.11 Å². The third-order valence-electron chi connectivity index (χ3n) is 5.86. The molecule has 1 saturated heterocycles. The zero-order valence-corrected chi connectivity index (χ0v) is 21.0. The van der Waals surface area contributed by atoms with Crippen molar-refractivity contribution in [2.45, 2.75) is 44.7 Å². The highest BCUT2D eigenvalue weighted by Crippen LogP contribution is 2.35. The van der Waals surface area contributed by atoms with Gasteiger partial charge in [-0.05, 0) is 30.0 Å². The normalized spacial score (nSPS) is 20.7. The van der Waals surface area contributed by atoms with Crippen LogP contribution in [0.1, 0.15) is 32.1 Å². The van der Waals surface area contributed by atoms with E-state index in [4.69, 9.17) is 14.2 Å². The zero-order valence-electron chi connectivity index (χ0n) is 19.5. The Kier molecular flexibility index (Phi) is 9.27. The van der Waals surface area contributed by atoms with Crippen molar-refractivity contribution < 1.29 is 24.1 Å². The van der Waals surface area contributed by atoms with Gasteiger partial charge in [0.25, 0.3) is 0 Å². The first-order valence-corrected chi connectivity index (χ1v) is 11.8. The molecule has 3 N–H and O–H groups in total. The number of rotatable bonds is 10. The first-order chi connectivity index (χ1) is 15.8. The number of hydrogen-bond donors (Lipinski definition) is 3. The van der Waals surface area contributed by atoms with Crippen LogP contribution in [0.2, 0.25) is 0 Å². The molecule has 1 aliphatic heterocycles. The average molecular weight is 525 g/mol. The first kappa shape index (κ1) is 25.6. The smallest absolute Gasteiger partial charge is 0.407 e. The molecule has 1 amide bonds. The molecule has 182 valence electrons. The summed E-state index contributed by atoms with van der Waals surface area (Å²) < 4.78 is 16.9. The summed E-state index contributed by atoms with van der Waals surface area (Å²) in [7, 11) is 2.94. The summed E-state index contributed by atoms with van der Waals surface area (Å²) in [6.07, 6.45) is 0.816. The molecule has 1 fully saturated rings. The fourth-order valence-electron chi connectivity index (χ4n) is 4.07. The van der Waals surface area contributed by atoms with E-state index in [0.717, 1.165) is 21.6 Å². The molecule has 0 aliphatic carbocycles. The number of nitrogens with zero attached hydrogens (tertiary/aromatic N) is 2. The maximum atomic E-state index is 11.9. The van der Waals surface area contributed by atoms with Crippen LogP contribution in [-0.2, 0) is 14.2 Å². The van der Waals surface area contributed by atoms with Gasteiger partial charge >= 0.3 is 6.09 Å². The van der Waals surface area contributed by atoms with E-state index in [0.29, 0.717) is 26.2 Å². The summed E-state index contributed by atoms with van der Waals surface area (Å²) in [5.74, 6) is 0.716. The Bertz CT molecular complexity index is 891. The number of aromatic nitrogens is 2. The highest BCUT2D eigenvalue weighted by atomic mass is 79.9. The summed E-state index contributed by atoms with van der Waals surface area (Å²) in [4.78, 5) is 21.9. The minimum atomic E-state index is -0.952. The maximum Gasteiger partial charge on any atom is 0.407 e. The molecule has 2 heterocycles. The van der Waals surface area contributed by atoms with E-state index < -0.39 is 18.4 Å². The van der Waals surface area contributed by atoms with Crippen molar-refractivity contribution in [3.8, 4) is 11.3 Å². The molecule has 0 saturated carbocycles. The summed E-state index contributed by atoms with van der Waals surface area (Å²) in [6.45, 7) is 5.35. The number of aromatic amines is 1. The lowest BCUT2D eigenvalue weighted by atomic mass is 10.0. The van der Waals surface area contributed by atoms with E-state index in [2.05, 4.69) is 31.2 Å². The molecule has 10 heteroatoms. The number of methoxy groups -OCH3 is 2. The van der Waals surface area contributed by atoms with Crippen LogP contribution in [0.25, 0.3) is 11.3 Å². The number of imidazole rings is 1. The Morgan fingerprint density at radius 3 is 2.67 bits per heavy atom. The number of ether oxygens (including phenoxy) is 3. The molecular weight excluding hydrogens is 492 g/mol. The predicted molar refractivity (Wildman–Crippen MR) is 128 cm³/mol. The monoisotopic (exact) mass is 524 g/mol. The van der Waals surface area contributed by atoms with Crippen molar-refractivity contribution >= 4 is 22.0 Å². The van der Waals surface area contributed by atoms with Gasteiger partial charge in [0.1, 0.15) is 12.1 Å². The van der Waals surface area contributed by atoms with Gasteiger partial charge in [-0.15, -0.1) is 0 Å². The lowest BCUT2D eigenvalue weighted by Gasteiger charge is -2.35. The van der Waals surface area contributed by atoms with Gasteiger partial charge in [-0.3, -0.25) is 4.90 Å². The van der Waals surface area contributed by atoms with Crippen LogP contribution in [0.4, 0.5) is 4.79 Å². The summed E-state index contributed by atoms with van der Waals surface area (Å²) in [5, 5.41) is 14.1. The molecule has 1 aliphatic rings. The van der Waals surface area contributed by atoms with Gasteiger partial charge in [0, 0.05) is 18.1 Å². The number of amides is 1. The van der Waals surface area contributed by atoms with Crippen molar-refractivity contribution in [1.82, 2.24) is 20.2 Å². The molecule has 0 bridgehead atoms. The van der Waals surface area contributed by atoms with Crippen molar-refractivity contribution in [1.29, 1.82) is 0 Å². The second-order valence-corrected chi connectivity index (χ2v) is 9.36. The first-order valence-electron chi connectivity index (χ1n) is 11.0. The standard InChI is InChI=1S/C23H33BrN4O5/c1-14(2)20(27-23(30)32-4)22(29)28-13-17(33-10-9-31-3)11-19(28)21-25-12-18(26-21)15-5-7-16(24)8-6-15/h5-8,12,14,17,19-20,22,29H,9-11,13H2,1-4H3,(H,25,26)(H,27,30)/t17-,19-,20-,22?/m0/s1. The molecular formula is C23H33BrN4O5. The molecule has 9 nitrogen and oxygen atoms in total. The van der Waals surface area contributed by atoms with Crippen LogP contribution in [0.3, 0.4) is 0 Å². The van der Waals surface area contributed by atoms with E-state index in [9.17, 15) is 9.90 Å². The van der Waals surface area contributed by atoms with Crippen LogP contribution in [0.15, 0.2) is 34.9 Å². The third-order valence-corrected chi connectivity index (χ3v) is 6.39. The van der Waals surface area contributed by atoms with Gasteiger partial charge < -0.3 is 29.6 Å². The van der Waals surface area contributed by atoms with Gasteiger partial charge in [0.2, 0.25) is 0 Å². The molecule has 1 aromatic carbocycles. The lowest BCUT2D eigenvalue weighted by molar-refractivity contribution is -0.0521. The van der Waals surface area contributed by atoms with Crippen LogP contribution in [0.5, 0.6) is 0 Å². The van der Waals surface area contributed by atoms with Gasteiger partial charge in [-0.25, -0.2) is 9.78 Å². The van der Waals surface area contributed by atoms with E-state index in [1.807, 2.05) is 43.0 Å². The largest absolute Gasteiger partial charge is 0.453 e. The summed E-state index contributed by atoms with van der Waals surface area (Å²) >= 11 is 3.46. The van der Waals surface area contributed by atoms with E-state index in [-0.39, 0.29) is 18.1 Å². The third kappa shape index (κ3) is 6.54. The van der Waals surface area contributed by atoms with Crippen LogP contribution >= 0.6 is 15.9 Å². The fraction of sp³-hybridized carbons (Fsp3) is 0.565. The highest BCUT2D eigenvalue weighted by molar-refractivity contribution is 9.10. The Hall–Kier alpha value is -1.98. The number of carbonyl (C=O) groups is 1. The molecule has 4 atom stereocenters. The number of aliphatic hydroxyl groups excluding tert-OH is 1. The highest BCUT2D eigenvalue weighted by Gasteiger charge is 2.42. The van der Waals surface area contributed by atoms with Crippen LogP contribution < -0.4 is 5.32 Å². The Balaban J connectivity index is 1.84. The van der Waals surface area contributed by atoms with E-state index in [1.54, 1.807) is 13.3 Å². The minimum absolute atomic E-state index is 0.0249. The molecule has 3 rings (SSSR count). The molecule has 33 heavy (non-hydrogen) atoms. The summed E-state index contributed by atoms with van der Waals surface area (Å²) in [5.41, 5.74) is 1.91. The molecule has 1 unspecified atom stereocenters. The van der Waals surface area contributed by atoms with Gasteiger partial charge in [-0.1, -0.05) is 41.9 Å². The summed E-state index contributed by atoms with van der Waals surface area (Å²) in [6, 6.07) is 7.23. The predicted octanol–water partition coefficient (Wildman–Crippen LogP) is 3.32. The van der Waals surface area contributed by atoms with Crippen molar-refractivity contribution in [2.75, 3.05) is 34.0 Å².